The van der Waals surface area contributed by atoms with E-state index in [1.54, 1.807) is 0 Å². The van der Waals surface area contributed by atoms with Gasteiger partial charge in [-0.05, 0) is 0 Å². The monoisotopic (exact) mass is 591 g/mol. The number of carboxylic acid groups (broad SMARTS) is 1. The maximum atomic E-state index is 12.4. The average Bonchev–Trinajstić information content (AvgIpc) is 2.93. The van der Waals surface area contributed by atoms with Gasteiger partial charge >= 0.3 is 5.97 Å². The number of carbonyl (C=O) groups is 1. The van der Waals surface area contributed by atoms with Crippen LogP contribution >= 0.6 is 0 Å². The second kappa shape index (κ2) is 13.4. The van der Waals surface area contributed by atoms with E-state index in [2.05, 4.69) is 0 Å². The normalized spacial score (nSPS) is 48.0. The zero-order chi connectivity index (χ0) is 30.1. The molecule has 3 saturated heterocycles. The lowest BCUT2D eigenvalue weighted by atomic mass is 9.88. The van der Waals surface area contributed by atoms with E-state index in [9.17, 15) is 61.0 Å². The zero-order valence-corrected chi connectivity index (χ0v) is 20.9. The lowest BCUT2D eigenvalue weighted by molar-refractivity contribution is -0.384. The van der Waals surface area contributed by atoms with Crippen LogP contribution in [0.3, 0.4) is 0 Å². The molecule has 0 spiro atoms. The Morgan fingerprint density at radius 2 is 1.52 bits per heavy atom. The lowest BCUT2D eigenvalue weighted by Gasteiger charge is -2.50. The van der Waals surface area contributed by atoms with Crippen LogP contribution < -0.4 is 5.73 Å². The minimum absolute atomic E-state index is 0.849. The van der Waals surface area contributed by atoms with Gasteiger partial charge in [-0.2, -0.15) is 0 Å². The highest BCUT2D eigenvalue weighted by atomic mass is 16.8. The molecule has 234 valence electrons. The number of hydrogen-bond acceptors (Lipinski definition) is 18. The van der Waals surface area contributed by atoms with Crippen molar-refractivity contribution < 1.29 is 89.8 Å². The second-order valence-corrected chi connectivity index (χ2v) is 9.85. The van der Waals surface area contributed by atoms with E-state index in [0.29, 0.717) is 0 Å². The van der Waals surface area contributed by atoms with E-state index >= 15 is 0 Å². The zero-order valence-electron chi connectivity index (χ0n) is 20.9. The molecule has 0 aromatic heterocycles. The summed E-state index contributed by atoms with van der Waals surface area (Å²) in [4.78, 5) is 12.4. The average molecular weight is 592 g/mol. The topological polar surface area (TPSA) is 332 Å². The number of rotatable bonds is 10. The van der Waals surface area contributed by atoms with E-state index in [-0.39, 0.29) is 0 Å². The number of carboxylic acids is 1. The Morgan fingerprint density at radius 1 is 0.900 bits per heavy atom. The van der Waals surface area contributed by atoms with Crippen molar-refractivity contribution >= 4 is 5.97 Å². The first kappa shape index (κ1) is 33.3. The number of aliphatic carboxylic acids is 1. The van der Waals surface area contributed by atoms with Crippen LogP contribution in [0.4, 0.5) is 0 Å². The van der Waals surface area contributed by atoms with Crippen LogP contribution in [0.1, 0.15) is 6.42 Å². The summed E-state index contributed by atoms with van der Waals surface area (Å²) in [5.74, 6) is -4.86. The van der Waals surface area contributed by atoms with Crippen molar-refractivity contribution in [3.05, 3.63) is 0 Å². The van der Waals surface area contributed by atoms with Gasteiger partial charge in [-0.25, -0.2) is 4.79 Å². The van der Waals surface area contributed by atoms with Gasteiger partial charge in [-0.15, -0.1) is 0 Å². The number of aliphatic hydroxyl groups excluding tert-OH is 11. The second-order valence-electron chi connectivity index (χ2n) is 9.85. The van der Waals surface area contributed by atoms with Gasteiger partial charge in [-0.1, -0.05) is 0 Å². The molecule has 14 N–H and O–H groups in total. The molecule has 0 radical (unpaired) electrons. The number of aliphatic hydroxyl groups is 11. The Labute approximate surface area is 226 Å². The van der Waals surface area contributed by atoms with E-state index < -0.39 is 130 Å². The summed E-state index contributed by atoms with van der Waals surface area (Å²) in [6, 6.07) is -1.48. The van der Waals surface area contributed by atoms with E-state index in [0.717, 1.165) is 0 Å². The third-order valence-electron chi connectivity index (χ3n) is 7.15. The molecular formula is C21H37NO18. The van der Waals surface area contributed by atoms with Gasteiger partial charge in [0.15, 0.2) is 12.6 Å². The molecule has 0 aromatic carbocycles. The van der Waals surface area contributed by atoms with Crippen molar-refractivity contribution in [1.82, 2.24) is 0 Å². The Balaban J connectivity index is 1.90. The van der Waals surface area contributed by atoms with Gasteiger partial charge < -0.3 is 90.7 Å². The van der Waals surface area contributed by atoms with Gasteiger partial charge in [0.25, 0.3) is 5.79 Å². The molecule has 19 heteroatoms. The SMILES string of the molecule is N[C@H]1[C@H]([C@H](O)[C@H](O)CO)O[C@@](O[C@H]2[C@@H](O)[C@@H](CO)O[C@@H](O[C@H]3[C@H](O)[C@@H](O)[C@H](O)O[C@@H]3CO)[C@@H]2O)(C(=O)O)C[C@@H]1O. The first-order valence-corrected chi connectivity index (χ1v) is 12.3. The Morgan fingerprint density at radius 3 is 2.08 bits per heavy atom. The summed E-state index contributed by atoms with van der Waals surface area (Å²) in [6.45, 7) is -2.78. The fourth-order valence-electron chi connectivity index (χ4n) is 4.78. The maximum Gasteiger partial charge on any atom is 0.364 e. The van der Waals surface area contributed by atoms with Crippen LogP contribution in [0, 0.1) is 0 Å². The quantitative estimate of drug-likeness (QED) is 0.112. The standard InChI is InChI=1S/C21H37NO18/c22-9-5(26)1-21(20(34)35,39-16(9)10(28)6(27)2-23)40-17-11(29)7(3-24)37-19(14(17)32)38-15-8(4-25)36-18(33)13(31)12(15)30/h5-19,23-33H,1-4,22H2,(H,34,35)/t5-,6+,7+,8+,9+,10+,11-,12+,13+,14+,15+,16+,17-,18+,19-,21-/m0/s1. The Bertz CT molecular complexity index is 837. The van der Waals surface area contributed by atoms with Crippen LogP contribution in [-0.2, 0) is 28.5 Å². The van der Waals surface area contributed by atoms with Crippen LogP contribution in [0.25, 0.3) is 0 Å². The van der Waals surface area contributed by atoms with Crippen LogP contribution in [0.15, 0.2) is 0 Å². The Kier molecular flexibility index (Phi) is 11.2. The highest BCUT2D eigenvalue weighted by molar-refractivity contribution is 5.76. The predicted molar refractivity (Wildman–Crippen MR) is 120 cm³/mol. The third-order valence-corrected chi connectivity index (χ3v) is 7.15. The molecule has 19 nitrogen and oxygen atoms in total. The first-order valence-electron chi connectivity index (χ1n) is 12.3. The molecule has 3 heterocycles. The molecule has 16 atom stereocenters. The number of ether oxygens (including phenoxy) is 5. The lowest BCUT2D eigenvalue weighted by Crippen LogP contribution is -2.70. The minimum Gasteiger partial charge on any atom is -0.477 e. The third kappa shape index (κ3) is 6.40. The molecule has 3 fully saturated rings. The fraction of sp³-hybridized carbons (Fsp3) is 0.952. The van der Waals surface area contributed by atoms with Crippen LogP contribution in [-0.4, -0.2) is 185 Å². The van der Waals surface area contributed by atoms with E-state index in [1.165, 1.54) is 0 Å². The smallest absolute Gasteiger partial charge is 0.364 e. The van der Waals surface area contributed by atoms with Gasteiger partial charge in [0.2, 0.25) is 0 Å². The molecule has 0 bridgehead atoms. The van der Waals surface area contributed by atoms with Crippen molar-refractivity contribution in [1.29, 1.82) is 0 Å². The predicted octanol–water partition coefficient (Wildman–Crippen LogP) is -8.40. The fourth-order valence-corrected chi connectivity index (χ4v) is 4.78. The molecule has 0 amide bonds. The van der Waals surface area contributed by atoms with Crippen LogP contribution in [0.2, 0.25) is 0 Å². The summed E-state index contributed by atoms with van der Waals surface area (Å²) >= 11 is 0. The molecule has 0 saturated carbocycles. The first-order chi connectivity index (χ1) is 18.7. The molecular weight excluding hydrogens is 554 g/mol. The summed E-state index contributed by atoms with van der Waals surface area (Å²) in [5.41, 5.74) is 5.81. The molecule has 0 aromatic rings. The van der Waals surface area contributed by atoms with E-state index in [4.69, 9.17) is 34.5 Å². The maximum absolute atomic E-state index is 12.4. The Hall–Kier alpha value is -1.21. The van der Waals surface area contributed by atoms with Gasteiger partial charge in [0.1, 0.15) is 67.1 Å². The summed E-state index contributed by atoms with van der Waals surface area (Å²) in [6.07, 6.45) is -27.0. The van der Waals surface area contributed by atoms with Crippen molar-refractivity contribution in [2.75, 3.05) is 19.8 Å². The minimum atomic E-state index is -2.94. The van der Waals surface area contributed by atoms with Gasteiger partial charge in [0, 0.05) is 6.42 Å². The van der Waals surface area contributed by atoms with Crippen LogP contribution in [0.5, 0.6) is 0 Å². The van der Waals surface area contributed by atoms with E-state index in [1.807, 2.05) is 0 Å². The molecule has 0 aliphatic carbocycles. The van der Waals surface area contributed by atoms with Crippen molar-refractivity contribution in [2.45, 2.75) is 104 Å². The summed E-state index contributed by atoms with van der Waals surface area (Å²) in [5, 5.41) is 121. The highest BCUT2D eigenvalue weighted by Gasteiger charge is 2.59. The largest absolute Gasteiger partial charge is 0.477 e. The summed E-state index contributed by atoms with van der Waals surface area (Å²) < 4.78 is 26.6. The molecule has 3 rings (SSSR count). The molecule has 3 aliphatic heterocycles. The summed E-state index contributed by atoms with van der Waals surface area (Å²) in [7, 11) is 0. The van der Waals surface area contributed by atoms with Crippen molar-refractivity contribution in [2.24, 2.45) is 5.73 Å². The van der Waals surface area contributed by atoms with Crippen molar-refractivity contribution in [3.63, 3.8) is 0 Å². The molecule has 40 heavy (non-hydrogen) atoms. The van der Waals surface area contributed by atoms with Crippen molar-refractivity contribution in [3.8, 4) is 0 Å². The van der Waals surface area contributed by atoms with Gasteiger partial charge in [-0.3, -0.25) is 0 Å². The number of nitrogens with two attached hydrogens (primary N) is 1. The molecule has 3 aliphatic rings. The van der Waals surface area contributed by atoms with Gasteiger partial charge in [0.05, 0.1) is 32.0 Å². The molecule has 0 unspecified atom stereocenters. The highest BCUT2D eigenvalue weighted by Crippen LogP contribution is 2.37. The number of hydrogen-bond donors (Lipinski definition) is 13.